The standard InChI is InChI=1S/C17H23N7O2S/c1-9-5-14(19-7-10(2)25)22-16(20-8-11(3)26)15(9)23-24-17-21-12(4)13(6-18)27-17/h5,10-11,25-26H,7-8H2,1-4H3,(H2,19,20,22). The van der Waals surface area contributed by atoms with Crippen molar-refractivity contribution in [1.82, 2.24) is 9.97 Å². The number of azo groups is 1. The molecule has 2 aromatic rings. The van der Waals surface area contributed by atoms with E-state index in [1.54, 1.807) is 26.8 Å². The van der Waals surface area contributed by atoms with Crippen LogP contribution in [-0.2, 0) is 0 Å². The molecule has 2 atom stereocenters. The van der Waals surface area contributed by atoms with Crippen molar-refractivity contribution < 1.29 is 10.2 Å². The van der Waals surface area contributed by atoms with Crippen molar-refractivity contribution in [2.75, 3.05) is 23.7 Å². The first-order chi connectivity index (χ1) is 12.8. The first kappa shape index (κ1) is 20.7. The van der Waals surface area contributed by atoms with Crippen molar-refractivity contribution in [2.24, 2.45) is 10.2 Å². The number of pyridine rings is 1. The molecule has 0 saturated heterocycles. The fourth-order valence-corrected chi connectivity index (χ4v) is 2.81. The number of aryl methyl sites for hydroxylation is 2. The maximum Gasteiger partial charge on any atom is 0.231 e. The number of nitrogens with zero attached hydrogens (tertiary/aromatic N) is 5. The summed E-state index contributed by atoms with van der Waals surface area (Å²) in [5, 5.41) is 42.9. The van der Waals surface area contributed by atoms with Gasteiger partial charge in [-0.05, 0) is 39.3 Å². The van der Waals surface area contributed by atoms with Gasteiger partial charge in [-0.3, -0.25) is 0 Å². The number of aliphatic hydroxyl groups excluding tert-OH is 2. The molecular formula is C17H23N7O2S. The van der Waals surface area contributed by atoms with Gasteiger partial charge in [0.1, 0.15) is 22.5 Å². The van der Waals surface area contributed by atoms with E-state index in [0.29, 0.717) is 46.1 Å². The highest BCUT2D eigenvalue weighted by molar-refractivity contribution is 7.15. The maximum atomic E-state index is 9.56. The Morgan fingerprint density at radius 2 is 1.81 bits per heavy atom. The lowest BCUT2D eigenvalue weighted by Gasteiger charge is -2.14. The van der Waals surface area contributed by atoms with E-state index >= 15 is 0 Å². The highest BCUT2D eigenvalue weighted by Crippen LogP contribution is 2.32. The predicted molar refractivity (Wildman–Crippen MR) is 105 cm³/mol. The zero-order valence-corrected chi connectivity index (χ0v) is 16.5. The van der Waals surface area contributed by atoms with E-state index in [0.717, 1.165) is 5.56 Å². The summed E-state index contributed by atoms with van der Waals surface area (Å²) in [4.78, 5) is 9.18. The fraction of sp³-hybridized carbons (Fsp3) is 0.471. The Morgan fingerprint density at radius 3 is 2.41 bits per heavy atom. The number of aliphatic hydroxyl groups is 2. The summed E-state index contributed by atoms with van der Waals surface area (Å²) in [5.41, 5.74) is 1.95. The Bertz CT molecular complexity index is 856. The normalized spacial score (nSPS) is 13.4. The van der Waals surface area contributed by atoms with Crippen LogP contribution in [0.4, 0.5) is 22.5 Å². The number of thiazole rings is 1. The molecular weight excluding hydrogens is 366 g/mol. The first-order valence-corrected chi connectivity index (χ1v) is 9.26. The molecule has 10 heteroatoms. The van der Waals surface area contributed by atoms with Gasteiger partial charge in [-0.25, -0.2) is 9.97 Å². The molecule has 0 saturated carbocycles. The Balaban J connectivity index is 2.33. The maximum absolute atomic E-state index is 9.56. The van der Waals surface area contributed by atoms with Crippen molar-refractivity contribution in [2.45, 2.75) is 39.9 Å². The molecule has 0 amide bonds. The number of nitrogens with one attached hydrogen (secondary N) is 2. The number of hydrogen-bond acceptors (Lipinski definition) is 10. The minimum Gasteiger partial charge on any atom is -0.392 e. The average Bonchev–Trinajstić information content (AvgIpc) is 2.96. The molecule has 0 spiro atoms. The van der Waals surface area contributed by atoms with Crippen molar-refractivity contribution in [3.05, 3.63) is 22.2 Å². The van der Waals surface area contributed by atoms with E-state index in [4.69, 9.17) is 5.26 Å². The highest BCUT2D eigenvalue weighted by atomic mass is 32.1. The Labute approximate surface area is 161 Å². The zero-order valence-electron chi connectivity index (χ0n) is 15.7. The SMILES string of the molecule is Cc1cc(NCC(C)O)nc(NCC(C)O)c1N=Nc1nc(C)c(C#N)s1. The van der Waals surface area contributed by atoms with Gasteiger partial charge in [0.2, 0.25) is 5.13 Å². The summed E-state index contributed by atoms with van der Waals surface area (Å²) in [6.07, 6.45) is -1.08. The molecule has 4 N–H and O–H groups in total. The lowest BCUT2D eigenvalue weighted by molar-refractivity contribution is 0.208. The molecule has 27 heavy (non-hydrogen) atoms. The van der Waals surface area contributed by atoms with Crippen LogP contribution in [-0.4, -0.2) is 45.5 Å². The van der Waals surface area contributed by atoms with Crippen LogP contribution in [0, 0.1) is 25.2 Å². The quantitative estimate of drug-likeness (QED) is 0.509. The molecule has 9 nitrogen and oxygen atoms in total. The van der Waals surface area contributed by atoms with Gasteiger partial charge in [-0.15, -0.1) is 10.2 Å². The summed E-state index contributed by atoms with van der Waals surface area (Å²) < 4.78 is 0. The fourth-order valence-electron chi connectivity index (χ4n) is 2.12. The molecule has 0 aliphatic carbocycles. The number of rotatable bonds is 8. The second-order valence-corrected chi connectivity index (χ2v) is 7.18. The van der Waals surface area contributed by atoms with Crippen LogP contribution >= 0.6 is 11.3 Å². The number of aromatic nitrogens is 2. The average molecular weight is 389 g/mol. The minimum absolute atomic E-state index is 0.295. The van der Waals surface area contributed by atoms with Crippen LogP contribution < -0.4 is 10.6 Å². The van der Waals surface area contributed by atoms with Crippen LogP contribution in [0.1, 0.15) is 30.0 Å². The van der Waals surface area contributed by atoms with Gasteiger partial charge in [-0.2, -0.15) is 5.26 Å². The summed E-state index contributed by atoms with van der Waals surface area (Å²) in [6.45, 7) is 7.62. The van der Waals surface area contributed by atoms with Gasteiger partial charge >= 0.3 is 0 Å². The third-order valence-corrected chi connectivity index (χ3v) is 4.40. The van der Waals surface area contributed by atoms with E-state index < -0.39 is 12.2 Å². The number of hydrogen-bond donors (Lipinski definition) is 4. The molecule has 0 bridgehead atoms. The molecule has 2 aromatic heterocycles. The molecule has 2 unspecified atom stereocenters. The highest BCUT2D eigenvalue weighted by Gasteiger charge is 2.12. The van der Waals surface area contributed by atoms with Crippen LogP contribution in [0.15, 0.2) is 16.3 Å². The second-order valence-electron chi connectivity index (χ2n) is 6.20. The lowest BCUT2D eigenvalue weighted by atomic mass is 10.2. The Hall–Kier alpha value is -2.61. The molecule has 0 radical (unpaired) electrons. The van der Waals surface area contributed by atoms with Crippen molar-refractivity contribution in [3.8, 4) is 6.07 Å². The van der Waals surface area contributed by atoms with Crippen LogP contribution in [0.2, 0.25) is 0 Å². The van der Waals surface area contributed by atoms with Gasteiger partial charge in [-0.1, -0.05) is 11.3 Å². The topological polar surface area (TPSA) is 139 Å². The first-order valence-electron chi connectivity index (χ1n) is 8.45. The summed E-state index contributed by atoms with van der Waals surface area (Å²) in [5.74, 6) is 1.04. The van der Waals surface area contributed by atoms with Gasteiger partial charge < -0.3 is 20.8 Å². The van der Waals surface area contributed by atoms with E-state index in [1.807, 2.05) is 6.92 Å². The van der Waals surface area contributed by atoms with E-state index in [1.165, 1.54) is 11.3 Å². The van der Waals surface area contributed by atoms with Crippen LogP contribution in [0.3, 0.4) is 0 Å². The van der Waals surface area contributed by atoms with Gasteiger partial charge in [0.25, 0.3) is 0 Å². The third-order valence-electron chi connectivity index (χ3n) is 3.45. The smallest absolute Gasteiger partial charge is 0.231 e. The van der Waals surface area contributed by atoms with E-state index in [-0.39, 0.29) is 0 Å². The van der Waals surface area contributed by atoms with Gasteiger partial charge in [0, 0.05) is 13.1 Å². The largest absolute Gasteiger partial charge is 0.392 e. The molecule has 0 aliphatic rings. The van der Waals surface area contributed by atoms with Crippen molar-refractivity contribution in [1.29, 1.82) is 5.26 Å². The summed E-state index contributed by atoms with van der Waals surface area (Å²) in [6, 6.07) is 3.88. The number of anilines is 2. The minimum atomic E-state index is -0.564. The zero-order chi connectivity index (χ0) is 20.0. The van der Waals surface area contributed by atoms with E-state index in [2.05, 4.69) is 36.9 Å². The van der Waals surface area contributed by atoms with Gasteiger partial charge in [0.15, 0.2) is 5.82 Å². The monoisotopic (exact) mass is 389 g/mol. The third kappa shape index (κ3) is 5.96. The second kappa shape index (κ2) is 9.36. The lowest BCUT2D eigenvalue weighted by Crippen LogP contribution is -2.18. The molecule has 2 heterocycles. The Morgan fingerprint density at radius 1 is 1.15 bits per heavy atom. The summed E-state index contributed by atoms with van der Waals surface area (Å²) in [7, 11) is 0. The van der Waals surface area contributed by atoms with Crippen LogP contribution in [0.25, 0.3) is 0 Å². The molecule has 0 aromatic carbocycles. The van der Waals surface area contributed by atoms with E-state index in [9.17, 15) is 10.2 Å². The van der Waals surface area contributed by atoms with Crippen molar-refractivity contribution >= 4 is 33.8 Å². The predicted octanol–water partition coefficient (Wildman–Crippen LogP) is 3.03. The van der Waals surface area contributed by atoms with Crippen LogP contribution in [0.5, 0.6) is 0 Å². The van der Waals surface area contributed by atoms with Crippen molar-refractivity contribution in [3.63, 3.8) is 0 Å². The molecule has 0 fully saturated rings. The molecule has 0 aliphatic heterocycles. The molecule has 144 valence electrons. The molecule has 2 rings (SSSR count). The van der Waals surface area contributed by atoms with Gasteiger partial charge in [0.05, 0.1) is 17.9 Å². The Kier molecular flexibility index (Phi) is 7.18. The summed E-state index contributed by atoms with van der Waals surface area (Å²) >= 11 is 1.17. The number of nitriles is 1.